The van der Waals surface area contributed by atoms with E-state index in [1.807, 2.05) is 6.92 Å². The number of nitrogens with zero attached hydrogens (tertiary/aromatic N) is 1. The van der Waals surface area contributed by atoms with Gasteiger partial charge in [0.15, 0.2) is 0 Å². The van der Waals surface area contributed by atoms with E-state index >= 15 is 0 Å². The van der Waals surface area contributed by atoms with Gasteiger partial charge in [0.1, 0.15) is 0 Å². The molecule has 0 aliphatic carbocycles. The van der Waals surface area contributed by atoms with Gasteiger partial charge in [0.25, 0.3) is 0 Å². The molecule has 0 aliphatic heterocycles. The van der Waals surface area contributed by atoms with Gasteiger partial charge in [-0.15, -0.1) is 0 Å². The zero-order valence-corrected chi connectivity index (χ0v) is 8.16. The molecule has 14 heavy (non-hydrogen) atoms. The van der Waals surface area contributed by atoms with Crippen molar-refractivity contribution in [2.24, 2.45) is 11.5 Å². The Bertz CT molecular complexity index is 224. The van der Waals surface area contributed by atoms with Gasteiger partial charge in [0, 0.05) is 6.42 Å². The van der Waals surface area contributed by atoms with Crippen molar-refractivity contribution >= 4 is 17.7 Å². The standard InChI is InChI=1S/C8H15N3O3/c1-2-3-8(14)11(4-6(9)12)5-7(10)13/h2-5H2,1H3,(H2,9,12)(H2,10,13). The summed E-state index contributed by atoms with van der Waals surface area (Å²) in [5, 5.41) is 0. The summed E-state index contributed by atoms with van der Waals surface area (Å²) in [6.07, 6.45) is 0.924. The molecule has 0 rings (SSSR count). The van der Waals surface area contributed by atoms with Crippen molar-refractivity contribution in [3.05, 3.63) is 0 Å². The number of primary amides is 2. The number of carbonyl (C=O) groups excluding carboxylic acids is 3. The minimum Gasteiger partial charge on any atom is -0.368 e. The van der Waals surface area contributed by atoms with Crippen LogP contribution in [0.4, 0.5) is 0 Å². The molecule has 0 aromatic carbocycles. The Morgan fingerprint density at radius 2 is 1.50 bits per heavy atom. The summed E-state index contributed by atoms with van der Waals surface area (Å²) in [4.78, 5) is 33.5. The molecule has 0 aliphatic rings. The molecule has 0 bridgehead atoms. The first-order valence-electron chi connectivity index (χ1n) is 4.31. The van der Waals surface area contributed by atoms with Crippen LogP contribution >= 0.6 is 0 Å². The Hall–Kier alpha value is -1.59. The Morgan fingerprint density at radius 1 is 1.07 bits per heavy atom. The lowest BCUT2D eigenvalue weighted by molar-refractivity contribution is -0.138. The summed E-state index contributed by atoms with van der Waals surface area (Å²) in [5.41, 5.74) is 9.84. The fourth-order valence-electron chi connectivity index (χ4n) is 0.980. The van der Waals surface area contributed by atoms with Crippen molar-refractivity contribution in [3.8, 4) is 0 Å². The molecule has 0 spiro atoms. The average molecular weight is 201 g/mol. The molecule has 80 valence electrons. The van der Waals surface area contributed by atoms with Crippen molar-refractivity contribution in [1.29, 1.82) is 0 Å². The topological polar surface area (TPSA) is 106 Å². The molecule has 0 unspecified atom stereocenters. The van der Waals surface area contributed by atoms with Gasteiger partial charge < -0.3 is 16.4 Å². The summed E-state index contributed by atoms with van der Waals surface area (Å²) >= 11 is 0. The predicted octanol–water partition coefficient (Wildman–Crippen LogP) is -1.41. The second-order valence-corrected chi connectivity index (χ2v) is 2.93. The maximum Gasteiger partial charge on any atom is 0.237 e. The van der Waals surface area contributed by atoms with Crippen LogP contribution in [0.2, 0.25) is 0 Å². The van der Waals surface area contributed by atoms with Crippen LogP contribution in [0.1, 0.15) is 19.8 Å². The van der Waals surface area contributed by atoms with Crippen LogP contribution < -0.4 is 11.5 Å². The predicted molar refractivity (Wildman–Crippen MR) is 49.9 cm³/mol. The van der Waals surface area contributed by atoms with Crippen molar-refractivity contribution in [1.82, 2.24) is 4.90 Å². The summed E-state index contributed by atoms with van der Waals surface area (Å²) in [6, 6.07) is 0. The number of nitrogens with two attached hydrogens (primary N) is 2. The molecular weight excluding hydrogens is 186 g/mol. The average Bonchev–Trinajstić information content (AvgIpc) is 2.01. The normalized spacial score (nSPS) is 9.50. The van der Waals surface area contributed by atoms with E-state index < -0.39 is 11.8 Å². The molecule has 0 aromatic rings. The highest BCUT2D eigenvalue weighted by atomic mass is 16.2. The smallest absolute Gasteiger partial charge is 0.237 e. The number of carbonyl (C=O) groups is 3. The fraction of sp³-hybridized carbons (Fsp3) is 0.625. The third-order valence-electron chi connectivity index (χ3n) is 1.51. The maximum absolute atomic E-state index is 11.3. The van der Waals surface area contributed by atoms with Crippen LogP contribution in [0.15, 0.2) is 0 Å². The lowest BCUT2D eigenvalue weighted by Gasteiger charge is -2.18. The van der Waals surface area contributed by atoms with E-state index in [1.54, 1.807) is 0 Å². The van der Waals surface area contributed by atoms with Gasteiger partial charge in [-0.25, -0.2) is 0 Å². The zero-order chi connectivity index (χ0) is 11.1. The van der Waals surface area contributed by atoms with Crippen LogP contribution in [0.3, 0.4) is 0 Å². The highest BCUT2D eigenvalue weighted by molar-refractivity contribution is 5.87. The first-order valence-corrected chi connectivity index (χ1v) is 4.31. The fourth-order valence-corrected chi connectivity index (χ4v) is 0.980. The molecule has 0 atom stereocenters. The van der Waals surface area contributed by atoms with Crippen molar-refractivity contribution in [2.45, 2.75) is 19.8 Å². The quantitative estimate of drug-likeness (QED) is 0.551. The summed E-state index contributed by atoms with van der Waals surface area (Å²) in [6.45, 7) is 1.30. The second kappa shape index (κ2) is 5.95. The maximum atomic E-state index is 11.3. The highest BCUT2D eigenvalue weighted by Gasteiger charge is 2.16. The minimum atomic E-state index is -0.657. The molecule has 6 nitrogen and oxygen atoms in total. The van der Waals surface area contributed by atoms with Gasteiger partial charge in [-0.05, 0) is 6.42 Å². The minimum absolute atomic E-state index is 0.262. The van der Waals surface area contributed by atoms with Crippen LogP contribution in [0.25, 0.3) is 0 Å². The molecule has 0 radical (unpaired) electrons. The van der Waals surface area contributed by atoms with E-state index in [1.165, 1.54) is 0 Å². The first-order chi connectivity index (χ1) is 6.47. The summed E-state index contributed by atoms with van der Waals surface area (Å²) in [5.74, 6) is -1.60. The van der Waals surface area contributed by atoms with E-state index in [0.717, 1.165) is 4.90 Å². The van der Waals surface area contributed by atoms with E-state index in [9.17, 15) is 14.4 Å². The van der Waals surface area contributed by atoms with Gasteiger partial charge in [-0.2, -0.15) is 0 Å². The van der Waals surface area contributed by atoms with Crippen LogP contribution in [0, 0.1) is 0 Å². The second-order valence-electron chi connectivity index (χ2n) is 2.93. The SMILES string of the molecule is CCCC(=O)N(CC(N)=O)CC(N)=O. The van der Waals surface area contributed by atoms with E-state index in [0.29, 0.717) is 6.42 Å². The van der Waals surface area contributed by atoms with Crippen LogP contribution in [-0.4, -0.2) is 35.7 Å². The Balaban J connectivity index is 4.29. The number of hydrogen-bond acceptors (Lipinski definition) is 3. The summed E-state index contributed by atoms with van der Waals surface area (Å²) < 4.78 is 0. The van der Waals surface area contributed by atoms with Gasteiger partial charge in [-0.3, -0.25) is 14.4 Å². The van der Waals surface area contributed by atoms with Crippen LogP contribution in [0.5, 0.6) is 0 Å². The number of rotatable bonds is 6. The Kier molecular flexibility index (Phi) is 5.28. The molecule has 0 heterocycles. The highest BCUT2D eigenvalue weighted by Crippen LogP contribution is 1.96. The van der Waals surface area contributed by atoms with Gasteiger partial charge in [0.2, 0.25) is 17.7 Å². The van der Waals surface area contributed by atoms with Crippen molar-refractivity contribution < 1.29 is 14.4 Å². The lowest BCUT2D eigenvalue weighted by Crippen LogP contribution is -2.43. The van der Waals surface area contributed by atoms with Gasteiger partial charge in [0.05, 0.1) is 13.1 Å². The molecule has 3 amide bonds. The summed E-state index contributed by atoms with van der Waals surface area (Å²) in [7, 11) is 0. The Morgan fingerprint density at radius 3 is 1.79 bits per heavy atom. The number of hydrogen-bond donors (Lipinski definition) is 2. The van der Waals surface area contributed by atoms with Crippen LogP contribution in [-0.2, 0) is 14.4 Å². The molecule has 0 fully saturated rings. The monoisotopic (exact) mass is 201 g/mol. The molecule has 6 heteroatoms. The van der Waals surface area contributed by atoms with E-state index in [2.05, 4.69) is 0 Å². The molecular formula is C8H15N3O3. The van der Waals surface area contributed by atoms with Gasteiger partial charge >= 0.3 is 0 Å². The van der Waals surface area contributed by atoms with Crippen molar-refractivity contribution in [2.75, 3.05) is 13.1 Å². The molecule has 0 saturated carbocycles. The Labute approximate surface area is 82.2 Å². The molecule has 0 aromatic heterocycles. The third kappa shape index (κ3) is 5.13. The third-order valence-corrected chi connectivity index (χ3v) is 1.51. The zero-order valence-electron chi connectivity index (χ0n) is 8.16. The lowest BCUT2D eigenvalue weighted by atomic mass is 10.3. The number of amides is 3. The van der Waals surface area contributed by atoms with E-state index in [-0.39, 0.29) is 25.4 Å². The van der Waals surface area contributed by atoms with Gasteiger partial charge in [-0.1, -0.05) is 6.92 Å². The van der Waals surface area contributed by atoms with E-state index in [4.69, 9.17) is 11.5 Å². The van der Waals surface area contributed by atoms with Crippen molar-refractivity contribution in [3.63, 3.8) is 0 Å². The molecule has 4 N–H and O–H groups in total. The molecule has 0 saturated heterocycles. The first kappa shape index (κ1) is 12.4. The largest absolute Gasteiger partial charge is 0.368 e.